The first-order valence-corrected chi connectivity index (χ1v) is 7.52. The summed E-state index contributed by atoms with van der Waals surface area (Å²) in [6, 6.07) is 13.1. The highest BCUT2D eigenvalue weighted by Gasteiger charge is 2.28. The van der Waals surface area contributed by atoms with Crippen LogP contribution in [0.3, 0.4) is 0 Å². The van der Waals surface area contributed by atoms with E-state index >= 15 is 0 Å². The maximum atomic E-state index is 9.35. The number of benzene rings is 2. The molecular weight excluding hydrogens is 315 g/mol. The first-order valence-electron chi connectivity index (χ1n) is 5.89. The maximum Gasteiger partial charge on any atom is 0.144 e. The molecule has 1 unspecified atom stereocenters. The maximum absolute atomic E-state index is 9.35. The summed E-state index contributed by atoms with van der Waals surface area (Å²) in [6.45, 7) is 0. The lowest BCUT2D eigenvalue weighted by atomic mass is 10.1. The number of halogens is 2. The van der Waals surface area contributed by atoms with E-state index in [1.54, 1.807) is 30.0 Å². The van der Waals surface area contributed by atoms with Crippen LogP contribution in [0.15, 0.2) is 52.4 Å². The standard InChI is InChI=1S/C14H10Cl2N2OS/c15-8-4-3-5-9(16)12(8)13-14(18-19)17-10-6-1-2-7-11(10)20-13/h1-7,13,19H,(H,17,18). The summed E-state index contributed by atoms with van der Waals surface area (Å²) in [7, 11) is 0. The molecule has 2 aromatic rings. The predicted octanol–water partition coefficient (Wildman–Crippen LogP) is 4.85. The Kier molecular flexibility index (Phi) is 3.89. The fourth-order valence-corrected chi connectivity index (χ4v) is 4.04. The molecule has 3 rings (SSSR count). The molecule has 1 aliphatic rings. The summed E-state index contributed by atoms with van der Waals surface area (Å²) in [5, 5.41) is 10.2. The Bertz CT molecular complexity index is 670. The number of hydroxylamine groups is 1. The van der Waals surface area contributed by atoms with Crippen LogP contribution in [0, 0.1) is 0 Å². The number of aliphatic imine (C=N–C) groups is 1. The lowest BCUT2D eigenvalue weighted by molar-refractivity contribution is 0.232. The van der Waals surface area contributed by atoms with Crippen LogP contribution in [0.1, 0.15) is 10.8 Å². The van der Waals surface area contributed by atoms with E-state index < -0.39 is 0 Å². The number of thioether (sulfide) groups is 1. The molecule has 0 bridgehead atoms. The molecule has 2 N–H and O–H groups in total. The van der Waals surface area contributed by atoms with Crippen LogP contribution >= 0.6 is 35.0 Å². The van der Waals surface area contributed by atoms with Gasteiger partial charge in [-0.25, -0.2) is 4.99 Å². The number of nitrogens with zero attached hydrogens (tertiary/aromatic N) is 1. The number of fused-ring (bicyclic) bond motifs is 1. The average Bonchev–Trinajstić information content (AvgIpc) is 2.46. The zero-order valence-corrected chi connectivity index (χ0v) is 12.5. The largest absolute Gasteiger partial charge is 0.290 e. The second-order valence-corrected chi connectivity index (χ2v) is 6.17. The SMILES string of the molecule is ONC1=Nc2ccccc2SC1c1c(Cl)cccc1Cl. The van der Waals surface area contributed by atoms with Crippen LogP contribution < -0.4 is 5.48 Å². The lowest BCUT2D eigenvalue weighted by Gasteiger charge is -2.25. The minimum Gasteiger partial charge on any atom is -0.290 e. The highest BCUT2D eigenvalue weighted by molar-refractivity contribution is 8.00. The molecule has 0 saturated carbocycles. The van der Waals surface area contributed by atoms with Gasteiger partial charge in [0, 0.05) is 20.5 Å². The zero-order chi connectivity index (χ0) is 14.1. The third-order valence-corrected chi connectivity index (χ3v) is 4.93. The van der Waals surface area contributed by atoms with Gasteiger partial charge in [0.2, 0.25) is 0 Å². The van der Waals surface area contributed by atoms with Crippen molar-refractivity contribution in [2.45, 2.75) is 10.1 Å². The van der Waals surface area contributed by atoms with E-state index in [1.165, 1.54) is 0 Å². The van der Waals surface area contributed by atoms with Crippen molar-refractivity contribution in [2.75, 3.05) is 0 Å². The molecule has 0 spiro atoms. The van der Waals surface area contributed by atoms with Crippen molar-refractivity contribution in [1.82, 2.24) is 5.48 Å². The monoisotopic (exact) mass is 324 g/mol. The van der Waals surface area contributed by atoms with Crippen LogP contribution in [0.2, 0.25) is 10.0 Å². The van der Waals surface area contributed by atoms with Gasteiger partial charge < -0.3 is 0 Å². The molecule has 0 saturated heterocycles. The molecule has 3 nitrogen and oxygen atoms in total. The molecule has 1 heterocycles. The molecule has 20 heavy (non-hydrogen) atoms. The molecule has 6 heteroatoms. The van der Waals surface area contributed by atoms with Crippen LogP contribution in [-0.4, -0.2) is 11.0 Å². The van der Waals surface area contributed by atoms with Crippen molar-refractivity contribution >= 4 is 46.5 Å². The Morgan fingerprint density at radius 1 is 1.05 bits per heavy atom. The van der Waals surface area contributed by atoms with Crippen LogP contribution in [0.5, 0.6) is 0 Å². The van der Waals surface area contributed by atoms with Gasteiger partial charge in [0.25, 0.3) is 0 Å². The summed E-state index contributed by atoms with van der Waals surface area (Å²) >= 11 is 14.0. The molecule has 0 aliphatic carbocycles. The first-order chi connectivity index (χ1) is 9.70. The summed E-state index contributed by atoms with van der Waals surface area (Å²) in [5.41, 5.74) is 3.72. The van der Waals surface area contributed by atoms with Gasteiger partial charge in [-0.15, -0.1) is 11.8 Å². The molecule has 0 fully saturated rings. The second-order valence-electron chi connectivity index (χ2n) is 4.21. The van der Waals surface area contributed by atoms with Crippen LogP contribution in [0.25, 0.3) is 0 Å². The smallest absolute Gasteiger partial charge is 0.144 e. The Balaban J connectivity index is 2.12. The molecule has 0 radical (unpaired) electrons. The van der Waals surface area contributed by atoms with Crippen molar-refractivity contribution in [3.63, 3.8) is 0 Å². The highest BCUT2D eigenvalue weighted by atomic mass is 35.5. The molecule has 1 atom stereocenters. The van der Waals surface area contributed by atoms with Gasteiger partial charge >= 0.3 is 0 Å². The topological polar surface area (TPSA) is 44.6 Å². The first kappa shape index (κ1) is 13.8. The summed E-state index contributed by atoms with van der Waals surface area (Å²) < 4.78 is 0. The molecule has 0 aromatic heterocycles. The number of hydrogen-bond acceptors (Lipinski definition) is 4. The van der Waals surface area contributed by atoms with Crippen molar-refractivity contribution in [2.24, 2.45) is 4.99 Å². The number of rotatable bonds is 1. The fourth-order valence-electron chi connectivity index (χ4n) is 2.06. The molecule has 102 valence electrons. The van der Waals surface area contributed by atoms with Crippen molar-refractivity contribution in [1.29, 1.82) is 0 Å². The van der Waals surface area contributed by atoms with E-state index in [2.05, 4.69) is 10.5 Å². The van der Waals surface area contributed by atoms with Crippen LogP contribution in [-0.2, 0) is 0 Å². The minimum absolute atomic E-state index is 0.268. The van der Waals surface area contributed by atoms with Crippen molar-refractivity contribution < 1.29 is 5.21 Å². The number of hydrogen-bond donors (Lipinski definition) is 2. The van der Waals surface area contributed by atoms with Gasteiger partial charge in [-0.1, -0.05) is 41.4 Å². The number of para-hydroxylation sites is 1. The molecule has 0 amide bonds. The number of amidine groups is 1. The van der Waals surface area contributed by atoms with Gasteiger partial charge in [-0.2, -0.15) is 0 Å². The average molecular weight is 325 g/mol. The minimum atomic E-state index is -0.268. The predicted molar refractivity (Wildman–Crippen MR) is 83.5 cm³/mol. The summed E-state index contributed by atoms with van der Waals surface area (Å²) in [4.78, 5) is 5.44. The van der Waals surface area contributed by atoms with Gasteiger partial charge in [0.1, 0.15) is 5.84 Å². The van der Waals surface area contributed by atoms with Gasteiger partial charge in [0.05, 0.1) is 10.9 Å². The fraction of sp³-hybridized carbons (Fsp3) is 0.0714. The van der Waals surface area contributed by atoms with E-state index in [0.29, 0.717) is 15.9 Å². The molecular formula is C14H10Cl2N2OS. The van der Waals surface area contributed by atoms with E-state index in [-0.39, 0.29) is 5.25 Å². The van der Waals surface area contributed by atoms with Gasteiger partial charge in [-0.3, -0.25) is 10.7 Å². The third kappa shape index (κ3) is 2.40. The lowest BCUT2D eigenvalue weighted by Crippen LogP contribution is -2.26. The highest BCUT2D eigenvalue weighted by Crippen LogP contribution is 2.48. The van der Waals surface area contributed by atoms with Crippen molar-refractivity contribution in [3.8, 4) is 0 Å². The van der Waals surface area contributed by atoms with Crippen LogP contribution in [0.4, 0.5) is 5.69 Å². The Morgan fingerprint density at radius 3 is 2.45 bits per heavy atom. The van der Waals surface area contributed by atoms with Gasteiger partial charge in [0.15, 0.2) is 0 Å². The van der Waals surface area contributed by atoms with Gasteiger partial charge in [-0.05, 0) is 24.3 Å². The molecule has 1 aliphatic heterocycles. The normalized spacial score (nSPS) is 17.4. The van der Waals surface area contributed by atoms with E-state index in [1.807, 2.05) is 24.3 Å². The number of nitrogens with one attached hydrogen (secondary N) is 1. The molecule has 2 aromatic carbocycles. The van der Waals surface area contributed by atoms with E-state index in [9.17, 15) is 5.21 Å². The van der Waals surface area contributed by atoms with E-state index in [4.69, 9.17) is 23.2 Å². The second kappa shape index (κ2) is 5.66. The van der Waals surface area contributed by atoms with E-state index in [0.717, 1.165) is 16.1 Å². The Hall–Kier alpha value is -1.20. The quantitative estimate of drug-likeness (QED) is 0.737. The summed E-state index contributed by atoms with van der Waals surface area (Å²) in [6.07, 6.45) is 0. The Morgan fingerprint density at radius 2 is 1.75 bits per heavy atom. The zero-order valence-electron chi connectivity index (χ0n) is 10.2. The third-order valence-electron chi connectivity index (χ3n) is 2.98. The summed E-state index contributed by atoms with van der Waals surface area (Å²) in [5.74, 6) is 0.420. The Labute approximate surface area is 130 Å². The van der Waals surface area contributed by atoms with Crippen molar-refractivity contribution in [3.05, 3.63) is 58.1 Å².